The van der Waals surface area contributed by atoms with E-state index in [4.69, 9.17) is 0 Å². The number of piperazine rings is 1. The number of anilines is 2. The Morgan fingerprint density at radius 1 is 0.966 bits per heavy atom. The number of carbonyl (C=O) groups is 1. The highest BCUT2D eigenvalue weighted by Crippen LogP contribution is 2.16. The van der Waals surface area contributed by atoms with Crippen LogP contribution in [0.4, 0.5) is 11.5 Å². The smallest absolute Gasteiger partial charge is 0.255 e. The number of benzene rings is 2. The lowest BCUT2D eigenvalue weighted by atomic mass is 10.1. The highest BCUT2D eigenvalue weighted by molar-refractivity contribution is 6.04. The fourth-order valence-electron chi connectivity index (χ4n) is 3.62. The van der Waals surface area contributed by atoms with Gasteiger partial charge in [-0.15, -0.1) is 0 Å². The van der Waals surface area contributed by atoms with E-state index in [0.29, 0.717) is 5.56 Å². The Hall–Kier alpha value is -3.18. The molecule has 1 aromatic heterocycles. The van der Waals surface area contributed by atoms with Crippen molar-refractivity contribution in [1.82, 2.24) is 9.88 Å². The van der Waals surface area contributed by atoms with Crippen molar-refractivity contribution in [2.45, 2.75) is 13.5 Å². The molecule has 1 N–H and O–H groups in total. The van der Waals surface area contributed by atoms with Gasteiger partial charge in [0.15, 0.2) is 0 Å². The molecule has 2 aromatic carbocycles. The van der Waals surface area contributed by atoms with Gasteiger partial charge in [0, 0.05) is 50.2 Å². The minimum atomic E-state index is -0.0768. The number of hydrogen-bond donors (Lipinski definition) is 1. The van der Waals surface area contributed by atoms with Crippen LogP contribution >= 0.6 is 0 Å². The van der Waals surface area contributed by atoms with E-state index < -0.39 is 0 Å². The molecule has 1 saturated heterocycles. The first kappa shape index (κ1) is 19.2. The van der Waals surface area contributed by atoms with E-state index in [-0.39, 0.29) is 5.91 Å². The van der Waals surface area contributed by atoms with E-state index in [9.17, 15) is 4.79 Å². The zero-order chi connectivity index (χ0) is 20.1. The average molecular weight is 386 g/mol. The van der Waals surface area contributed by atoms with E-state index in [1.165, 1.54) is 5.56 Å². The third-order valence-corrected chi connectivity index (χ3v) is 5.24. The molecule has 148 valence electrons. The summed E-state index contributed by atoms with van der Waals surface area (Å²) in [6.45, 7) is 6.91. The monoisotopic (exact) mass is 386 g/mol. The van der Waals surface area contributed by atoms with Crippen molar-refractivity contribution in [3.05, 3.63) is 89.6 Å². The highest BCUT2D eigenvalue weighted by Gasteiger charge is 2.17. The van der Waals surface area contributed by atoms with Crippen molar-refractivity contribution in [3.8, 4) is 0 Å². The van der Waals surface area contributed by atoms with E-state index in [0.717, 1.165) is 49.8 Å². The Bertz CT molecular complexity index is 948. The molecule has 0 bridgehead atoms. The van der Waals surface area contributed by atoms with E-state index in [2.05, 4.69) is 38.3 Å². The molecule has 1 aliphatic heterocycles. The first-order chi connectivity index (χ1) is 14.2. The van der Waals surface area contributed by atoms with Gasteiger partial charge in [-0.2, -0.15) is 0 Å². The summed E-state index contributed by atoms with van der Waals surface area (Å²) in [5.74, 6) is 0.980. The van der Waals surface area contributed by atoms with Crippen LogP contribution in [0.5, 0.6) is 0 Å². The van der Waals surface area contributed by atoms with Crippen molar-refractivity contribution in [2.75, 3.05) is 36.4 Å². The second-order valence-corrected chi connectivity index (χ2v) is 7.47. The SMILES string of the molecule is Cc1cccc(C(=O)Nc2ccc(CN3CCN(c4ccccn4)CC3)cc2)c1. The molecule has 0 spiro atoms. The fourth-order valence-corrected chi connectivity index (χ4v) is 3.62. The predicted octanol–water partition coefficient (Wildman–Crippen LogP) is 3.96. The maximum absolute atomic E-state index is 12.4. The van der Waals surface area contributed by atoms with Crippen LogP contribution in [0.25, 0.3) is 0 Å². The van der Waals surface area contributed by atoms with Crippen LogP contribution in [0.1, 0.15) is 21.5 Å². The van der Waals surface area contributed by atoms with Gasteiger partial charge in [-0.05, 0) is 48.9 Å². The standard InChI is InChI=1S/C24H26N4O/c1-19-5-4-6-21(17-19)24(29)26-22-10-8-20(9-11-22)18-27-13-15-28(16-14-27)23-7-2-3-12-25-23/h2-12,17H,13-16,18H2,1H3,(H,26,29). The molecule has 5 heteroatoms. The number of aryl methyl sites for hydroxylation is 1. The Labute approximate surface area is 172 Å². The zero-order valence-corrected chi connectivity index (χ0v) is 16.7. The van der Waals surface area contributed by atoms with Gasteiger partial charge >= 0.3 is 0 Å². The summed E-state index contributed by atoms with van der Waals surface area (Å²) in [6, 6.07) is 21.8. The summed E-state index contributed by atoms with van der Waals surface area (Å²) in [6.07, 6.45) is 1.85. The van der Waals surface area contributed by atoms with Gasteiger partial charge in [-0.3, -0.25) is 9.69 Å². The zero-order valence-electron chi connectivity index (χ0n) is 16.7. The molecule has 1 aliphatic rings. The lowest BCUT2D eigenvalue weighted by Crippen LogP contribution is -2.46. The molecule has 5 nitrogen and oxygen atoms in total. The molecule has 3 aromatic rings. The first-order valence-corrected chi connectivity index (χ1v) is 10.0. The van der Waals surface area contributed by atoms with Gasteiger partial charge in [0.25, 0.3) is 5.91 Å². The number of amides is 1. The summed E-state index contributed by atoms with van der Waals surface area (Å²) >= 11 is 0. The number of carbonyl (C=O) groups excluding carboxylic acids is 1. The van der Waals surface area contributed by atoms with Crippen LogP contribution in [0, 0.1) is 6.92 Å². The molecule has 1 amide bonds. The molecular formula is C24H26N4O. The van der Waals surface area contributed by atoms with Gasteiger partial charge in [0.2, 0.25) is 0 Å². The predicted molar refractivity (Wildman–Crippen MR) is 117 cm³/mol. The normalized spacial score (nSPS) is 14.6. The Morgan fingerprint density at radius 2 is 1.76 bits per heavy atom. The van der Waals surface area contributed by atoms with Crippen LogP contribution < -0.4 is 10.2 Å². The molecule has 0 saturated carbocycles. The maximum atomic E-state index is 12.4. The quantitative estimate of drug-likeness (QED) is 0.721. The van der Waals surface area contributed by atoms with Crippen molar-refractivity contribution in [2.24, 2.45) is 0 Å². The van der Waals surface area contributed by atoms with Crippen LogP contribution in [0.2, 0.25) is 0 Å². The number of nitrogens with zero attached hydrogens (tertiary/aromatic N) is 3. The molecule has 0 aliphatic carbocycles. The largest absolute Gasteiger partial charge is 0.354 e. The lowest BCUT2D eigenvalue weighted by molar-refractivity contribution is 0.102. The Morgan fingerprint density at radius 3 is 2.45 bits per heavy atom. The number of rotatable bonds is 5. The highest BCUT2D eigenvalue weighted by atomic mass is 16.1. The van der Waals surface area contributed by atoms with Crippen LogP contribution in [0.3, 0.4) is 0 Å². The molecule has 0 unspecified atom stereocenters. The Kier molecular flexibility index (Phi) is 5.86. The third-order valence-electron chi connectivity index (χ3n) is 5.24. The second-order valence-electron chi connectivity index (χ2n) is 7.47. The molecule has 4 rings (SSSR count). The number of hydrogen-bond acceptors (Lipinski definition) is 4. The molecule has 0 atom stereocenters. The molecule has 1 fully saturated rings. The summed E-state index contributed by atoms with van der Waals surface area (Å²) in [5, 5.41) is 2.97. The van der Waals surface area contributed by atoms with Crippen LogP contribution in [-0.4, -0.2) is 42.0 Å². The van der Waals surface area contributed by atoms with Crippen molar-refractivity contribution < 1.29 is 4.79 Å². The molecule has 0 radical (unpaired) electrons. The van der Waals surface area contributed by atoms with E-state index in [1.54, 1.807) is 0 Å². The lowest BCUT2D eigenvalue weighted by Gasteiger charge is -2.35. The summed E-state index contributed by atoms with van der Waals surface area (Å²) in [4.78, 5) is 21.6. The Balaban J connectivity index is 1.29. The van der Waals surface area contributed by atoms with Crippen molar-refractivity contribution >= 4 is 17.4 Å². The van der Waals surface area contributed by atoms with Crippen molar-refractivity contribution in [1.29, 1.82) is 0 Å². The summed E-state index contributed by atoms with van der Waals surface area (Å²) in [5.41, 5.74) is 3.83. The van der Waals surface area contributed by atoms with Gasteiger partial charge in [0.1, 0.15) is 5.82 Å². The number of pyridine rings is 1. The number of nitrogens with one attached hydrogen (secondary N) is 1. The molecule has 2 heterocycles. The average Bonchev–Trinajstić information content (AvgIpc) is 2.76. The third kappa shape index (κ3) is 5.00. The number of aromatic nitrogens is 1. The van der Waals surface area contributed by atoms with Crippen LogP contribution in [-0.2, 0) is 6.54 Å². The van der Waals surface area contributed by atoms with E-state index in [1.807, 2.05) is 61.7 Å². The molecular weight excluding hydrogens is 360 g/mol. The molecule has 29 heavy (non-hydrogen) atoms. The van der Waals surface area contributed by atoms with Gasteiger partial charge < -0.3 is 10.2 Å². The fraction of sp³-hybridized carbons (Fsp3) is 0.250. The van der Waals surface area contributed by atoms with Gasteiger partial charge in [-0.25, -0.2) is 4.98 Å². The van der Waals surface area contributed by atoms with Gasteiger partial charge in [-0.1, -0.05) is 35.9 Å². The topological polar surface area (TPSA) is 48.5 Å². The van der Waals surface area contributed by atoms with Crippen molar-refractivity contribution in [3.63, 3.8) is 0 Å². The minimum absolute atomic E-state index is 0.0768. The maximum Gasteiger partial charge on any atom is 0.255 e. The summed E-state index contributed by atoms with van der Waals surface area (Å²) in [7, 11) is 0. The minimum Gasteiger partial charge on any atom is -0.354 e. The second kappa shape index (κ2) is 8.88. The van der Waals surface area contributed by atoms with E-state index >= 15 is 0 Å². The van der Waals surface area contributed by atoms with Crippen LogP contribution in [0.15, 0.2) is 72.9 Å². The first-order valence-electron chi connectivity index (χ1n) is 10.0. The summed E-state index contributed by atoms with van der Waals surface area (Å²) < 4.78 is 0. The van der Waals surface area contributed by atoms with Gasteiger partial charge in [0.05, 0.1) is 0 Å².